The quantitative estimate of drug-likeness (QED) is 0.872. The van der Waals surface area contributed by atoms with Crippen molar-refractivity contribution in [2.75, 3.05) is 6.54 Å². The molecule has 1 aromatic carbocycles. The van der Waals surface area contributed by atoms with Crippen LogP contribution < -0.4 is 5.14 Å². The lowest BCUT2D eigenvalue weighted by molar-refractivity contribution is 0.0699. The molecular weight excluding hydrogens is 344 g/mol. The highest BCUT2D eigenvalue weighted by Gasteiger charge is 2.21. The normalized spacial score (nSPS) is 13.1. The van der Waals surface area contributed by atoms with Crippen LogP contribution in [0.25, 0.3) is 0 Å². The standard InChI is InChI=1S/C13H19BrN2O3S/c1-4-9(3)16(5-2)13(17)10-6-7-11(14)12(8-10)20(15,18)19/h6-9H,4-5H2,1-3H3,(H2,15,18,19). The molecule has 20 heavy (non-hydrogen) atoms. The van der Waals surface area contributed by atoms with Gasteiger partial charge in [0.25, 0.3) is 5.91 Å². The Morgan fingerprint density at radius 2 is 2.00 bits per heavy atom. The molecule has 1 rings (SSSR count). The third kappa shape index (κ3) is 3.80. The molecule has 5 nitrogen and oxygen atoms in total. The van der Waals surface area contributed by atoms with Crippen LogP contribution in [-0.2, 0) is 10.0 Å². The highest BCUT2D eigenvalue weighted by atomic mass is 79.9. The van der Waals surface area contributed by atoms with Gasteiger partial charge in [0.15, 0.2) is 0 Å². The van der Waals surface area contributed by atoms with Crippen LogP contribution in [0.15, 0.2) is 27.6 Å². The van der Waals surface area contributed by atoms with Crippen LogP contribution in [0, 0.1) is 0 Å². The molecule has 1 aromatic rings. The van der Waals surface area contributed by atoms with Gasteiger partial charge in [0, 0.05) is 22.6 Å². The van der Waals surface area contributed by atoms with E-state index < -0.39 is 10.0 Å². The summed E-state index contributed by atoms with van der Waals surface area (Å²) >= 11 is 3.13. The number of nitrogens with zero attached hydrogens (tertiary/aromatic N) is 1. The van der Waals surface area contributed by atoms with Gasteiger partial charge in [0.1, 0.15) is 0 Å². The van der Waals surface area contributed by atoms with Crippen LogP contribution in [0.5, 0.6) is 0 Å². The smallest absolute Gasteiger partial charge is 0.254 e. The molecule has 0 aliphatic heterocycles. The molecule has 0 radical (unpaired) electrons. The van der Waals surface area contributed by atoms with Gasteiger partial charge in [-0.2, -0.15) is 0 Å². The van der Waals surface area contributed by atoms with E-state index in [4.69, 9.17) is 5.14 Å². The Bertz CT molecular complexity index is 602. The molecule has 112 valence electrons. The Morgan fingerprint density at radius 1 is 1.40 bits per heavy atom. The van der Waals surface area contributed by atoms with Crippen LogP contribution >= 0.6 is 15.9 Å². The van der Waals surface area contributed by atoms with Crippen molar-refractivity contribution in [3.63, 3.8) is 0 Å². The number of nitrogens with two attached hydrogens (primary N) is 1. The zero-order valence-electron chi connectivity index (χ0n) is 11.8. The Hall–Kier alpha value is -0.920. The summed E-state index contributed by atoms with van der Waals surface area (Å²) in [4.78, 5) is 14.1. The van der Waals surface area contributed by atoms with E-state index in [1.165, 1.54) is 12.1 Å². The lowest BCUT2D eigenvalue weighted by Crippen LogP contribution is -2.38. The van der Waals surface area contributed by atoms with Gasteiger partial charge in [-0.15, -0.1) is 0 Å². The minimum Gasteiger partial charge on any atom is -0.336 e. The van der Waals surface area contributed by atoms with Gasteiger partial charge < -0.3 is 4.90 Å². The molecule has 0 aliphatic rings. The van der Waals surface area contributed by atoms with Crippen molar-refractivity contribution in [1.82, 2.24) is 4.90 Å². The number of rotatable bonds is 5. The van der Waals surface area contributed by atoms with E-state index in [9.17, 15) is 13.2 Å². The van der Waals surface area contributed by atoms with Crippen molar-refractivity contribution in [3.05, 3.63) is 28.2 Å². The molecular formula is C13H19BrN2O3S. The number of carbonyl (C=O) groups is 1. The van der Waals surface area contributed by atoms with Gasteiger partial charge in [0.05, 0.1) is 4.90 Å². The van der Waals surface area contributed by atoms with E-state index >= 15 is 0 Å². The third-order valence-electron chi connectivity index (χ3n) is 3.21. The first-order valence-electron chi connectivity index (χ1n) is 6.35. The Kier molecular flexibility index (Phi) is 5.73. The van der Waals surface area contributed by atoms with Crippen molar-refractivity contribution >= 4 is 31.9 Å². The maximum atomic E-state index is 12.4. The number of primary sulfonamides is 1. The largest absolute Gasteiger partial charge is 0.336 e. The number of sulfonamides is 1. The number of carbonyl (C=O) groups excluding carboxylic acids is 1. The van der Waals surface area contributed by atoms with Crippen molar-refractivity contribution in [2.45, 2.75) is 38.1 Å². The number of hydrogen-bond acceptors (Lipinski definition) is 3. The average molecular weight is 363 g/mol. The molecule has 0 saturated heterocycles. The summed E-state index contributed by atoms with van der Waals surface area (Å²) in [7, 11) is -3.87. The van der Waals surface area contributed by atoms with E-state index in [0.717, 1.165) is 6.42 Å². The molecule has 0 fully saturated rings. The van der Waals surface area contributed by atoms with Gasteiger partial charge in [0.2, 0.25) is 10.0 Å². The molecule has 0 aliphatic carbocycles. The molecule has 1 atom stereocenters. The topological polar surface area (TPSA) is 80.5 Å². The van der Waals surface area contributed by atoms with Gasteiger partial charge in [-0.1, -0.05) is 6.92 Å². The lowest BCUT2D eigenvalue weighted by atomic mass is 10.1. The average Bonchev–Trinajstić information content (AvgIpc) is 2.38. The number of hydrogen-bond donors (Lipinski definition) is 1. The van der Waals surface area contributed by atoms with E-state index in [2.05, 4.69) is 15.9 Å². The predicted octanol–water partition coefficient (Wildman–Crippen LogP) is 2.36. The molecule has 1 unspecified atom stereocenters. The van der Waals surface area contributed by atoms with Crippen LogP contribution in [0.2, 0.25) is 0 Å². The highest BCUT2D eigenvalue weighted by molar-refractivity contribution is 9.10. The summed E-state index contributed by atoms with van der Waals surface area (Å²) in [5.74, 6) is -0.195. The fraction of sp³-hybridized carbons (Fsp3) is 0.462. The van der Waals surface area contributed by atoms with Crippen LogP contribution in [0.4, 0.5) is 0 Å². The molecule has 7 heteroatoms. The first-order chi connectivity index (χ1) is 9.22. The minimum absolute atomic E-state index is 0.0800. The number of amides is 1. The van der Waals surface area contributed by atoms with Crippen molar-refractivity contribution in [2.24, 2.45) is 5.14 Å². The van der Waals surface area contributed by atoms with Gasteiger partial charge in [-0.05, 0) is 54.4 Å². The second-order valence-electron chi connectivity index (χ2n) is 4.54. The van der Waals surface area contributed by atoms with Gasteiger partial charge in [-0.3, -0.25) is 4.79 Å². The Labute approximate surface area is 128 Å². The first kappa shape index (κ1) is 17.1. The second kappa shape index (κ2) is 6.69. The Morgan fingerprint density at radius 3 is 2.45 bits per heavy atom. The zero-order valence-corrected chi connectivity index (χ0v) is 14.2. The van der Waals surface area contributed by atoms with Crippen molar-refractivity contribution < 1.29 is 13.2 Å². The summed E-state index contributed by atoms with van der Waals surface area (Å²) in [6.45, 7) is 6.41. The lowest BCUT2D eigenvalue weighted by Gasteiger charge is -2.27. The monoisotopic (exact) mass is 362 g/mol. The summed E-state index contributed by atoms with van der Waals surface area (Å²) in [5.41, 5.74) is 0.319. The third-order valence-corrected chi connectivity index (χ3v) is 5.11. The van der Waals surface area contributed by atoms with Crippen LogP contribution in [0.1, 0.15) is 37.6 Å². The van der Waals surface area contributed by atoms with E-state index in [-0.39, 0.29) is 16.8 Å². The van der Waals surface area contributed by atoms with Crippen molar-refractivity contribution in [1.29, 1.82) is 0 Å². The van der Waals surface area contributed by atoms with E-state index in [1.54, 1.807) is 11.0 Å². The summed E-state index contributed by atoms with van der Waals surface area (Å²) < 4.78 is 23.3. The minimum atomic E-state index is -3.87. The number of halogens is 1. The van der Waals surface area contributed by atoms with Crippen LogP contribution in [0.3, 0.4) is 0 Å². The molecule has 0 saturated carbocycles. The maximum Gasteiger partial charge on any atom is 0.254 e. The first-order valence-corrected chi connectivity index (χ1v) is 8.69. The molecule has 0 aromatic heterocycles. The highest BCUT2D eigenvalue weighted by Crippen LogP contribution is 2.23. The summed E-state index contributed by atoms with van der Waals surface area (Å²) in [6.07, 6.45) is 0.832. The van der Waals surface area contributed by atoms with E-state index in [1.807, 2.05) is 20.8 Å². The zero-order chi connectivity index (χ0) is 15.5. The summed E-state index contributed by atoms with van der Waals surface area (Å²) in [6, 6.07) is 4.52. The fourth-order valence-electron chi connectivity index (χ4n) is 1.90. The molecule has 1 amide bonds. The SMILES string of the molecule is CCC(C)N(CC)C(=O)c1ccc(Br)c(S(N)(=O)=O)c1. The maximum absolute atomic E-state index is 12.4. The van der Waals surface area contributed by atoms with Gasteiger partial charge >= 0.3 is 0 Å². The van der Waals surface area contributed by atoms with E-state index in [0.29, 0.717) is 16.6 Å². The molecule has 2 N–H and O–H groups in total. The molecule has 0 bridgehead atoms. The summed E-state index contributed by atoms with van der Waals surface area (Å²) in [5, 5.41) is 5.14. The van der Waals surface area contributed by atoms with Gasteiger partial charge in [-0.25, -0.2) is 13.6 Å². The van der Waals surface area contributed by atoms with Crippen LogP contribution in [-0.4, -0.2) is 31.8 Å². The Balaban J connectivity index is 3.24. The molecule has 0 spiro atoms. The molecule has 0 heterocycles. The second-order valence-corrected chi connectivity index (χ2v) is 6.92. The predicted molar refractivity (Wildman–Crippen MR) is 82.0 cm³/mol. The van der Waals surface area contributed by atoms with Crippen molar-refractivity contribution in [3.8, 4) is 0 Å². The number of benzene rings is 1. The fourth-order valence-corrected chi connectivity index (χ4v) is 3.45.